The molecule has 60 heavy (non-hydrogen) atoms. The van der Waals surface area contributed by atoms with Gasteiger partial charge in [-0.1, -0.05) is 13.8 Å². The van der Waals surface area contributed by atoms with E-state index in [1.807, 2.05) is 16.0 Å². The topological polar surface area (TPSA) is 452 Å². The fourth-order valence-corrected chi connectivity index (χ4v) is 4.88. The Morgan fingerprint density at radius 1 is 0.500 bits per heavy atom. The molecule has 0 spiro atoms. The number of rotatable bonds is 27. The molecule has 0 aliphatic heterocycles. The van der Waals surface area contributed by atoms with E-state index >= 15 is 0 Å². The lowest BCUT2D eigenvalue weighted by Crippen LogP contribution is -2.62. The first-order valence-corrected chi connectivity index (χ1v) is 18.2. The Morgan fingerprint density at radius 2 is 0.917 bits per heavy atom. The van der Waals surface area contributed by atoms with Gasteiger partial charge in [0.1, 0.15) is 42.3 Å². The van der Waals surface area contributed by atoms with Crippen molar-refractivity contribution in [2.24, 2.45) is 11.7 Å². The minimum absolute atomic E-state index is 0.596. The zero-order valence-electron chi connectivity index (χ0n) is 33.3. The summed E-state index contributed by atoms with van der Waals surface area (Å²) in [5.41, 5.74) is 5.21. The van der Waals surface area contributed by atoms with Crippen molar-refractivity contribution in [2.45, 2.75) is 114 Å². The molecular formula is C33H55N9O18. The number of carboxylic acid groups (broad SMARTS) is 3. The Kier molecular flexibility index (Phi) is 23.5. The van der Waals surface area contributed by atoms with E-state index in [0.717, 1.165) is 20.8 Å². The number of carbonyl (C=O) groups excluding carboxylic acids is 8. The number of carbonyl (C=O) groups is 11. The van der Waals surface area contributed by atoms with Crippen molar-refractivity contribution in [2.75, 3.05) is 19.7 Å². The number of aliphatic hydroxyl groups is 4. The van der Waals surface area contributed by atoms with Crippen LogP contribution in [0.1, 0.15) is 53.9 Å². The highest BCUT2D eigenvalue weighted by Gasteiger charge is 2.36. The van der Waals surface area contributed by atoms with E-state index in [1.54, 1.807) is 0 Å². The third kappa shape index (κ3) is 19.1. The molecule has 340 valence electrons. The summed E-state index contributed by atoms with van der Waals surface area (Å²) in [5, 5.41) is 84.4. The maximum Gasteiger partial charge on any atom is 0.326 e. The number of nitrogens with two attached hydrogens (primary N) is 1. The first-order chi connectivity index (χ1) is 27.8. The van der Waals surface area contributed by atoms with E-state index in [0.29, 0.717) is 0 Å². The summed E-state index contributed by atoms with van der Waals surface area (Å²) in [6.07, 6.45) is -7.38. The van der Waals surface area contributed by atoms with Crippen LogP contribution in [0.15, 0.2) is 0 Å². The van der Waals surface area contributed by atoms with Crippen LogP contribution in [0.25, 0.3) is 0 Å². The molecule has 0 saturated heterocycles. The number of hydrogen-bond donors (Lipinski definition) is 16. The van der Waals surface area contributed by atoms with E-state index in [1.165, 1.54) is 13.8 Å². The van der Waals surface area contributed by atoms with Gasteiger partial charge in [0.05, 0.1) is 44.4 Å². The van der Waals surface area contributed by atoms with Crippen molar-refractivity contribution in [1.29, 1.82) is 0 Å². The summed E-state index contributed by atoms with van der Waals surface area (Å²) >= 11 is 0. The molecule has 10 atom stereocenters. The molecule has 0 unspecified atom stereocenters. The van der Waals surface area contributed by atoms with Gasteiger partial charge in [-0.2, -0.15) is 0 Å². The SMILES string of the molecule is CC(C)[C@H](NC(=O)[C@@H](NC(=O)[C@@H](NC(=O)CNC(=O)[C@H](CO)NC(=O)[C@H](CC(=O)O)NC(=O)[C@H](CCC(=O)O)NC(=O)[C@@H](NC(=O)CN)[C@@H](C)O)[C@@H](C)O)[C@@H](C)O)C(=O)O. The Hall–Kier alpha value is -6.03. The number of aliphatic hydroxyl groups excluding tert-OH is 4. The fourth-order valence-electron chi connectivity index (χ4n) is 4.88. The third-order valence-corrected chi connectivity index (χ3v) is 8.17. The van der Waals surface area contributed by atoms with Gasteiger partial charge in [-0.25, -0.2) is 4.79 Å². The highest BCUT2D eigenvalue weighted by atomic mass is 16.4. The predicted octanol–water partition coefficient (Wildman–Crippen LogP) is -8.33. The van der Waals surface area contributed by atoms with Crippen LogP contribution < -0.4 is 48.3 Å². The molecule has 8 amide bonds. The lowest BCUT2D eigenvalue weighted by Gasteiger charge is -2.27. The molecule has 0 fully saturated rings. The zero-order valence-corrected chi connectivity index (χ0v) is 33.3. The number of aliphatic carboxylic acids is 3. The van der Waals surface area contributed by atoms with Gasteiger partial charge in [0.15, 0.2) is 0 Å². The normalized spacial score (nSPS) is 16.0. The summed E-state index contributed by atoms with van der Waals surface area (Å²) in [5.74, 6) is -14.7. The van der Waals surface area contributed by atoms with E-state index in [-0.39, 0.29) is 0 Å². The summed E-state index contributed by atoms with van der Waals surface area (Å²) in [6, 6.07) is -12.5. The van der Waals surface area contributed by atoms with Gasteiger partial charge < -0.3 is 84.0 Å². The Balaban J connectivity index is 5.88. The van der Waals surface area contributed by atoms with Crippen molar-refractivity contribution in [3.63, 3.8) is 0 Å². The lowest BCUT2D eigenvalue weighted by molar-refractivity contribution is -0.144. The quantitative estimate of drug-likeness (QED) is 0.0364. The van der Waals surface area contributed by atoms with Crippen molar-refractivity contribution in [3.8, 4) is 0 Å². The number of amides is 8. The van der Waals surface area contributed by atoms with Gasteiger partial charge in [0.2, 0.25) is 47.3 Å². The molecule has 27 nitrogen and oxygen atoms in total. The lowest BCUT2D eigenvalue weighted by atomic mass is 10.0. The van der Waals surface area contributed by atoms with Gasteiger partial charge in [0.25, 0.3) is 0 Å². The predicted molar refractivity (Wildman–Crippen MR) is 199 cm³/mol. The molecule has 0 heterocycles. The third-order valence-electron chi connectivity index (χ3n) is 8.17. The maximum absolute atomic E-state index is 13.2. The first-order valence-electron chi connectivity index (χ1n) is 18.2. The molecule has 0 radical (unpaired) electrons. The average molecular weight is 866 g/mol. The Labute approximate surface area is 341 Å². The second-order valence-corrected chi connectivity index (χ2v) is 13.7. The molecule has 0 rings (SSSR count). The van der Waals surface area contributed by atoms with Crippen LogP contribution >= 0.6 is 0 Å². The molecule has 0 aliphatic rings. The molecule has 17 N–H and O–H groups in total. The standard InChI is InChI=1S/C33H55N9O18/c1-12(2)23(33(59)60)41-32(58)26(15(5)46)42-31(57)25(14(4)45)40-20(48)10-35-27(53)18(11-43)38-29(55)17(8-22(51)52)37-28(54)16(6-7-21(49)50)36-30(56)24(13(3)44)39-19(47)9-34/h12-18,23-26,43-46H,6-11,34H2,1-5H3,(H,35,53)(H,36,56)(H,37,54)(H,38,55)(H,39,47)(H,40,48)(H,41,58)(H,42,57)(H,49,50)(H,51,52)(H,59,60)/t13-,14-,15-,16+,17+,18+,23+,24+,25+,26+/m1/s1. The minimum Gasteiger partial charge on any atom is -0.481 e. The van der Waals surface area contributed by atoms with E-state index in [9.17, 15) is 83.4 Å². The molecule has 27 heteroatoms. The number of hydrogen-bond acceptors (Lipinski definition) is 16. The highest BCUT2D eigenvalue weighted by molar-refractivity contribution is 5.98. The van der Waals surface area contributed by atoms with Crippen LogP contribution in [-0.4, -0.2) is 181 Å². The van der Waals surface area contributed by atoms with Crippen molar-refractivity contribution in [1.82, 2.24) is 42.5 Å². The van der Waals surface area contributed by atoms with Crippen molar-refractivity contribution in [3.05, 3.63) is 0 Å². The average Bonchev–Trinajstić information content (AvgIpc) is 3.14. The molecule has 0 bridgehead atoms. The molecule has 0 aromatic carbocycles. The Bertz CT molecular complexity index is 1570. The second-order valence-electron chi connectivity index (χ2n) is 13.7. The molecule has 0 saturated carbocycles. The number of carboxylic acids is 3. The summed E-state index contributed by atoms with van der Waals surface area (Å²) in [4.78, 5) is 136. The van der Waals surface area contributed by atoms with Crippen LogP contribution in [0, 0.1) is 5.92 Å². The van der Waals surface area contributed by atoms with E-state index < -0.39 is 171 Å². The molecule has 0 aromatic heterocycles. The van der Waals surface area contributed by atoms with E-state index in [2.05, 4.69) is 26.6 Å². The molecule has 0 aromatic rings. The van der Waals surface area contributed by atoms with Gasteiger partial charge in [-0.15, -0.1) is 0 Å². The van der Waals surface area contributed by atoms with Crippen LogP contribution in [0.5, 0.6) is 0 Å². The smallest absolute Gasteiger partial charge is 0.326 e. The first kappa shape index (κ1) is 54.0. The highest BCUT2D eigenvalue weighted by Crippen LogP contribution is 2.06. The van der Waals surface area contributed by atoms with Gasteiger partial charge in [-0.05, 0) is 33.1 Å². The fraction of sp³-hybridized carbons (Fsp3) is 0.667. The van der Waals surface area contributed by atoms with Gasteiger partial charge in [-0.3, -0.25) is 47.9 Å². The zero-order chi connectivity index (χ0) is 46.6. The van der Waals surface area contributed by atoms with E-state index in [4.69, 9.17) is 10.8 Å². The van der Waals surface area contributed by atoms with Crippen LogP contribution in [-0.2, 0) is 52.7 Å². The van der Waals surface area contributed by atoms with Gasteiger partial charge >= 0.3 is 17.9 Å². The van der Waals surface area contributed by atoms with Crippen LogP contribution in [0.4, 0.5) is 0 Å². The van der Waals surface area contributed by atoms with Crippen LogP contribution in [0.2, 0.25) is 0 Å². The maximum atomic E-state index is 13.2. The number of nitrogens with one attached hydrogen (secondary N) is 8. The summed E-state index contributed by atoms with van der Waals surface area (Å²) < 4.78 is 0. The minimum atomic E-state index is -2.05. The van der Waals surface area contributed by atoms with Crippen molar-refractivity contribution < 1.29 is 88.5 Å². The summed E-state index contributed by atoms with van der Waals surface area (Å²) in [7, 11) is 0. The summed E-state index contributed by atoms with van der Waals surface area (Å²) in [6.45, 7) is 3.46. The monoisotopic (exact) mass is 865 g/mol. The molecular weight excluding hydrogens is 810 g/mol. The van der Waals surface area contributed by atoms with Crippen LogP contribution in [0.3, 0.4) is 0 Å². The van der Waals surface area contributed by atoms with Crippen molar-refractivity contribution >= 4 is 65.2 Å². The molecule has 0 aliphatic carbocycles. The second kappa shape index (κ2) is 26.1. The van der Waals surface area contributed by atoms with Gasteiger partial charge in [0, 0.05) is 6.42 Å². The largest absolute Gasteiger partial charge is 0.481 e. The Morgan fingerprint density at radius 3 is 1.33 bits per heavy atom.